The van der Waals surface area contributed by atoms with Crippen molar-refractivity contribution < 1.29 is 22.7 Å². The van der Waals surface area contributed by atoms with E-state index in [4.69, 9.17) is 16.3 Å². The molecule has 0 saturated heterocycles. The van der Waals surface area contributed by atoms with Crippen LogP contribution in [-0.4, -0.2) is 42.1 Å². The predicted molar refractivity (Wildman–Crippen MR) is 96.1 cm³/mol. The zero-order valence-corrected chi connectivity index (χ0v) is 15.8. The smallest absolute Gasteiger partial charge is 0.383 e. The van der Waals surface area contributed by atoms with Gasteiger partial charge >= 0.3 is 6.18 Å². The summed E-state index contributed by atoms with van der Waals surface area (Å²) in [5.41, 5.74) is -1.45. The first-order valence-electron chi connectivity index (χ1n) is 7.16. The molecule has 26 heavy (non-hydrogen) atoms. The third kappa shape index (κ3) is 6.01. The summed E-state index contributed by atoms with van der Waals surface area (Å²) < 4.78 is 44.4. The molecule has 0 saturated carbocycles. The Hall–Kier alpha value is -1.56. The lowest BCUT2D eigenvalue weighted by molar-refractivity contribution is -0.137. The molecule has 0 aliphatic rings. The molecule has 1 aromatic carbocycles. The van der Waals surface area contributed by atoms with E-state index in [-0.39, 0.29) is 10.8 Å². The summed E-state index contributed by atoms with van der Waals surface area (Å²) in [6, 6.07) is 3.31. The van der Waals surface area contributed by atoms with Crippen molar-refractivity contribution in [1.82, 2.24) is 10.2 Å². The average Bonchev–Trinajstić information content (AvgIpc) is 3.02. The number of benzene rings is 1. The monoisotopic (exact) mass is 426 g/mol. The van der Waals surface area contributed by atoms with E-state index >= 15 is 0 Å². The Morgan fingerprint density at radius 2 is 2.15 bits per heavy atom. The van der Waals surface area contributed by atoms with Gasteiger partial charge in [-0.15, -0.1) is 10.2 Å². The number of nitrogens with zero attached hydrogens (tertiary/aromatic N) is 2. The first-order valence-corrected chi connectivity index (χ1v) is 9.34. The van der Waals surface area contributed by atoms with E-state index in [1.807, 2.05) is 0 Å². The number of amides is 1. The van der Waals surface area contributed by atoms with Crippen molar-refractivity contribution in [3.05, 3.63) is 28.8 Å². The maximum atomic E-state index is 13.0. The summed E-state index contributed by atoms with van der Waals surface area (Å²) in [6.07, 6.45) is -4.62. The Morgan fingerprint density at radius 3 is 2.85 bits per heavy atom. The van der Waals surface area contributed by atoms with Crippen molar-refractivity contribution >= 4 is 51.4 Å². The third-order valence-corrected chi connectivity index (χ3v) is 5.23. The van der Waals surface area contributed by atoms with Gasteiger partial charge in [0.05, 0.1) is 28.6 Å². The van der Waals surface area contributed by atoms with Crippen LogP contribution in [0.2, 0.25) is 5.02 Å². The molecule has 1 aromatic heterocycles. The molecule has 0 atom stereocenters. The maximum Gasteiger partial charge on any atom is 0.418 e. The first-order chi connectivity index (χ1) is 12.3. The minimum absolute atomic E-state index is 0.130. The van der Waals surface area contributed by atoms with Gasteiger partial charge in [-0.25, -0.2) is 0 Å². The largest absolute Gasteiger partial charge is 0.418 e. The standard InChI is InChI=1S/C14H14ClF3N4O2S2/c1-24-6-5-19-12-21-22-13(26-12)25-7-10(23)20-11-8(14(16,17)18)3-2-4-9(11)15/h2-4H,5-7H2,1H3,(H,19,21)(H,20,23). The predicted octanol–water partition coefficient (Wildman–Crippen LogP) is 4.00. The van der Waals surface area contributed by atoms with Gasteiger partial charge in [0.1, 0.15) is 0 Å². The van der Waals surface area contributed by atoms with Gasteiger partial charge < -0.3 is 15.4 Å². The van der Waals surface area contributed by atoms with E-state index in [1.165, 1.54) is 23.5 Å². The van der Waals surface area contributed by atoms with Gasteiger partial charge in [-0.3, -0.25) is 4.79 Å². The molecule has 0 aliphatic carbocycles. The number of anilines is 2. The van der Waals surface area contributed by atoms with Crippen LogP contribution < -0.4 is 10.6 Å². The van der Waals surface area contributed by atoms with Crippen molar-refractivity contribution in [3.63, 3.8) is 0 Å². The third-order valence-electron chi connectivity index (χ3n) is 2.90. The fourth-order valence-corrected chi connectivity index (χ4v) is 3.59. The van der Waals surface area contributed by atoms with Crippen LogP contribution in [0.4, 0.5) is 24.0 Å². The summed E-state index contributed by atoms with van der Waals surface area (Å²) in [4.78, 5) is 12.0. The Balaban J connectivity index is 1.94. The van der Waals surface area contributed by atoms with Crippen LogP contribution in [0.15, 0.2) is 22.5 Å². The van der Waals surface area contributed by atoms with Gasteiger partial charge in [0.25, 0.3) is 0 Å². The number of aromatic nitrogens is 2. The van der Waals surface area contributed by atoms with Gasteiger partial charge in [-0.05, 0) is 12.1 Å². The Labute approximate surface area is 160 Å². The summed E-state index contributed by atoms with van der Waals surface area (Å²) in [5, 5.41) is 13.4. The zero-order chi connectivity index (χ0) is 19.2. The molecule has 2 aromatic rings. The van der Waals surface area contributed by atoms with E-state index in [9.17, 15) is 18.0 Å². The molecule has 0 bridgehead atoms. The minimum Gasteiger partial charge on any atom is -0.383 e. The van der Waals surface area contributed by atoms with E-state index in [2.05, 4.69) is 20.8 Å². The zero-order valence-electron chi connectivity index (χ0n) is 13.4. The molecule has 2 N–H and O–H groups in total. The molecule has 0 unspecified atom stereocenters. The molecule has 0 spiro atoms. The van der Waals surface area contributed by atoms with Crippen molar-refractivity contribution in [2.24, 2.45) is 0 Å². The van der Waals surface area contributed by atoms with Crippen LogP contribution in [0, 0.1) is 0 Å². The lowest BCUT2D eigenvalue weighted by atomic mass is 10.1. The number of para-hydroxylation sites is 1. The Morgan fingerprint density at radius 1 is 1.38 bits per heavy atom. The summed E-state index contributed by atoms with van der Waals surface area (Å²) in [5.74, 6) is -0.757. The maximum absolute atomic E-state index is 13.0. The van der Waals surface area contributed by atoms with Crippen molar-refractivity contribution in [1.29, 1.82) is 0 Å². The molecular weight excluding hydrogens is 413 g/mol. The van der Waals surface area contributed by atoms with Gasteiger partial charge in [0.15, 0.2) is 4.34 Å². The molecule has 1 heterocycles. The fraction of sp³-hybridized carbons (Fsp3) is 0.357. The molecule has 1 amide bonds. The van der Waals surface area contributed by atoms with Crippen LogP contribution in [0.3, 0.4) is 0 Å². The molecule has 6 nitrogen and oxygen atoms in total. The number of carbonyl (C=O) groups excluding carboxylic acids is 1. The van der Waals surface area contributed by atoms with Gasteiger partial charge in [-0.1, -0.05) is 40.8 Å². The normalized spacial score (nSPS) is 11.4. The number of halogens is 4. The second kappa shape index (κ2) is 9.40. The Bertz CT molecular complexity index is 758. The minimum atomic E-state index is -4.62. The number of rotatable bonds is 8. The van der Waals surface area contributed by atoms with Crippen LogP contribution in [-0.2, 0) is 15.7 Å². The molecule has 12 heteroatoms. The van der Waals surface area contributed by atoms with Crippen molar-refractivity contribution in [3.8, 4) is 0 Å². The highest BCUT2D eigenvalue weighted by Gasteiger charge is 2.34. The number of methoxy groups -OCH3 is 1. The second-order valence-corrected chi connectivity index (χ2v) is 7.40. The van der Waals surface area contributed by atoms with E-state index < -0.39 is 23.3 Å². The molecular formula is C14H14ClF3N4O2S2. The molecule has 0 radical (unpaired) electrons. The lowest BCUT2D eigenvalue weighted by Gasteiger charge is -2.14. The number of hydrogen-bond donors (Lipinski definition) is 2. The number of carbonyl (C=O) groups is 1. The van der Waals surface area contributed by atoms with E-state index in [0.29, 0.717) is 22.6 Å². The molecule has 2 rings (SSSR count). The molecule has 142 valence electrons. The topological polar surface area (TPSA) is 76.1 Å². The van der Waals surface area contributed by atoms with Crippen molar-refractivity contribution in [2.45, 2.75) is 10.5 Å². The highest BCUT2D eigenvalue weighted by molar-refractivity contribution is 8.01. The lowest BCUT2D eigenvalue weighted by Crippen LogP contribution is -2.18. The van der Waals surface area contributed by atoms with Crippen molar-refractivity contribution in [2.75, 3.05) is 36.6 Å². The fourth-order valence-electron chi connectivity index (χ4n) is 1.79. The SMILES string of the molecule is COCCNc1nnc(SCC(=O)Nc2c(Cl)cccc2C(F)(F)F)s1. The Kier molecular flexibility index (Phi) is 7.50. The summed E-state index contributed by atoms with van der Waals surface area (Å²) in [6.45, 7) is 1.06. The quantitative estimate of drug-likeness (QED) is 0.491. The highest BCUT2D eigenvalue weighted by Crippen LogP contribution is 2.38. The van der Waals surface area contributed by atoms with Gasteiger partial charge in [0, 0.05) is 13.7 Å². The summed E-state index contributed by atoms with van der Waals surface area (Å²) in [7, 11) is 1.57. The average molecular weight is 427 g/mol. The summed E-state index contributed by atoms with van der Waals surface area (Å²) >= 11 is 8.09. The number of alkyl halides is 3. The number of hydrogen-bond acceptors (Lipinski definition) is 7. The van der Waals surface area contributed by atoms with Crippen LogP contribution in [0.1, 0.15) is 5.56 Å². The van der Waals surface area contributed by atoms with Gasteiger partial charge in [-0.2, -0.15) is 13.2 Å². The molecule has 0 fully saturated rings. The molecule has 0 aliphatic heterocycles. The van der Waals surface area contributed by atoms with E-state index in [0.717, 1.165) is 17.8 Å². The number of thioether (sulfide) groups is 1. The van der Waals surface area contributed by atoms with Crippen LogP contribution >= 0.6 is 34.7 Å². The van der Waals surface area contributed by atoms with Crippen LogP contribution in [0.5, 0.6) is 0 Å². The number of ether oxygens (including phenoxy) is 1. The van der Waals surface area contributed by atoms with Gasteiger partial charge in [0.2, 0.25) is 11.0 Å². The number of nitrogens with one attached hydrogen (secondary N) is 2. The second-order valence-electron chi connectivity index (χ2n) is 4.79. The van der Waals surface area contributed by atoms with Crippen LogP contribution in [0.25, 0.3) is 0 Å². The van der Waals surface area contributed by atoms with E-state index in [1.54, 1.807) is 7.11 Å². The highest BCUT2D eigenvalue weighted by atomic mass is 35.5. The first kappa shape index (κ1) is 20.7.